The summed E-state index contributed by atoms with van der Waals surface area (Å²) in [4.78, 5) is 15.6. The SMILES string of the molecule is Cc1ccc(S(N)(=O)=O)cc1C(=O)Nc1cc(C(F)(F)F)ccn1. The van der Waals surface area contributed by atoms with Gasteiger partial charge in [0.1, 0.15) is 5.82 Å². The van der Waals surface area contributed by atoms with E-state index < -0.39 is 27.7 Å². The number of pyridine rings is 1. The molecule has 0 bridgehead atoms. The van der Waals surface area contributed by atoms with Crippen LogP contribution in [0.15, 0.2) is 41.4 Å². The molecule has 0 atom stereocenters. The minimum Gasteiger partial charge on any atom is -0.307 e. The molecule has 2 rings (SSSR count). The molecule has 1 heterocycles. The van der Waals surface area contributed by atoms with Crippen LogP contribution in [0.25, 0.3) is 0 Å². The first kappa shape index (κ1) is 17.9. The fourth-order valence-electron chi connectivity index (χ4n) is 1.88. The monoisotopic (exact) mass is 359 g/mol. The first-order valence-electron chi connectivity index (χ1n) is 6.46. The lowest BCUT2D eigenvalue weighted by molar-refractivity contribution is -0.137. The van der Waals surface area contributed by atoms with Crippen LogP contribution in [0.2, 0.25) is 0 Å². The van der Waals surface area contributed by atoms with Crippen LogP contribution in [-0.4, -0.2) is 19.3 Å². The second-order valence-corrected chi connectivity index (χ2v) is 6.46. The standard InChI is InChI=1S/C14H12F3N3O3S/c1-8-2-3-10(24(18,22)23)7-11(8)13(21)20-12-6-9(4-5-19-12)14(15,16)17/h2-7H,1H3,(H2,18,22,23)(H,19,20,21). The van der Waals surface area contributed by atoms with Crippen molar-refractivity contribution in [2.45, 2.75) is 18.0 Å². The Morgan fingerprint density at radius 3 is 2.46 bits per heavy atom. The summed E-state index contributed by atoms with van der Waals surface area (Å²) < 4.78 is 60.6. The topological polar surface area (TPSA) is 102 Å². The van der Waals surface area contributed by atoms with E-state index >= 15 is 0 Å². The van der Waals surface area contributed by atoms with Crippen molar-refractivity contribution in [3.8, 4) is 0 Å². The zero-order chi connectivity index (χ0) is 18.1. The summed E-state index contributed by atoms with van der Waals surface area (Å²) in [6, 6.07) is 5.09. The normalized spacial score (nSPS) is 12.0. The molecule has 0 fully saturated rings. The third-order valence-corrected chi connectivity index (χ3v) is 4.02. The highest BCUT2D eigenvalue weighted by Crippen LogP contribution is 2.30. The van der Waals surface area contributed by atoms with Gasteiger partial charge in [-0.3, -0.25) is 4.79 Å². The summed E-state index contributed by atoms with van der Waals surface area (Å²) in [5, 5.41) is 7.20. The van der Waals surface area contributed by atoms with E-state index in [1.807, 2.05) is 0 Å². The molecule has 0 spiro atoms. The Morgan fingerprint density at radius 1 is 1.21 bits per heavy atom. The zero-order valence-corrected chi connectivity index (χ0v) is 13.1. The van der Waals surface area contributed by atoms with Crippen molar-refractivity contribution in [1.82, 2.24) is 4.98 Å². The number of hydrogen-bond donors (Lipinski definition) is 2. The Balaban J connectivity index is 2.34. The number of primary sulfonamides is 1. The fraction of sp³-hybridized carbons (Fsp3) is 0.143. The van der Waals surface area contributed by atoms with Gasteiger partial charge in [-0.1, -0.05) is 6.07 Å². The molecule has 2 aromatic rings. The van der Waals surface area contributed by atoms with E-state index in [1.54, 1.807) is 6.92 Å². The van der Waals surface area contributed by atoms with Gasteiger partial charge in [0, 0.05) is 11.8 Å². The lowest BCUT2D eigenvalue weighted by atomic mass is 10.1. The summed E-state index contributed by atoms with van der Waals surface area (Å²) in [5.74, 6) is -1.11. The molecule has 1 aromatic heterocycles. The van der Waals surface area contributed by atoms with Crippen LogP contribution in [0.5, 0.6) is 0 Å². The molecule has 0 aliphatic carbocycles. The summed E-state index contributed by atoms with van der Waals surface area (Å²) >= 11 is 0. The third kappa shape index (κ3) is 4.09. The molecule has 10 heteroatoms. The van der Waals surface area contributed by atoms with E-state index in [4.69, 9.17) is 5.14 Å². The van der Waals surface area contributed by atoms with E-state index in [-0.39, 0.29) is 16.3 Å². The van der Waals surface area contributed by atoms with E-state index in [1.165, 1.54) is 12.1 Å². The lowest BCUT2D eigenvalue weighted by Crippen LogP contribution is -2.18. The predicted molar refractivity (Wildman–Crippen MR) is 79.7 cm³/mol. The number of nitrogens with zero attached hydrogens (tertiary/aromatic N) is 1. The average Bonchev–Trinajstić information content (AvgIpc) is 2.45. The summed E-state index contributed by atoms with van der Waals surface area (Å²) in [7, 11) is -4.02. The van der Waals surface area contributed by atoms with Gasteiger partial charge >= 0.3 is 6.18 Å². The number of sulfonamides is 1. The molecular formula is C14H12F3N3O3S. The highest BCUT2D eigenvalue weighted by atomic mass is 32.2. The number of carbonyl (C=O) groups excluding carboxylic acids is 1. The number of benzene rings is 1. The van der Waals surface area contributed by atoms with Crippen LogP contribution in [0.3, 0.4) is 0 Å². The Labute approximate surface area is 135 Å². The van der Waals surface area contributed by atoms with Gasteiger partial charge in [-0.25, -0.2) is 18.5 Å². The number of aryl methyl sites for hydroxylation is 1. The number of hydrogen-bond acceptors (Lipinski definition) is 4. The number of aromatic nitrogens is 1. The average molecular weight is 359 g/mol. The van der Waals surface area contributed by atoms with Crippen molar-refractivity contribution in [1.29, 1.82) is 0 Å². The van der Waals surface area contributed by atoms with Crippen molar-refractivity contribution >= 4 is 21.7 Å². The minimum atomic E-state index is -4.58. The molecule has 1 aromatic carbocycles. The highest BCUT2D eigenvalue weighted by Gasteiger charge is 2.31. The number of alkyl halides is 3. The Hall–Kier alpha value is -2.46. The molecule has 24 heavy (non-hydrogen) atoms. The molecule has 128 valence electrons. The lowest BCUT2D eigenvalue weighted by Gasteiger charge is -2.11. The van der Waals surface area contributed by atoms with Gasteiger partial charge in [0.25, 0.3) is 5.91 Å². The minimum absolute atomic E-state index is 0.0410. The van der Waals surface area contributed by atoms with Gasteiger partial charge in [-0.05, 0) is 36.8 Å². The number of carbonyl (C=O) groups is 1. The van der Waals surface area contributed by atoms with Gasteiger partial charge in [0.15, 0.2) is 0 Å². The summed E-state index contributed by atoms with van der Waals surface area (Å²) in [6.45, 7) is 1.54. The molecule has 0 radical (unpaired) electrons. The largest absolute Gasteiger partial charge is 0.416 e. The second-order valence-electron chi connectivity index (χ2n) is 4.90. The number of rotatable bonds is 3. The van der Waals surface area contributed by atoms with Crippen molar-refractivity contribution in [3.05, 3.63) is 53.2 Å². The van der Waals surface area contributed by atoms with Gasteiger partial charge in [0.05, 0.1) is 10.5 Å². The number of nitrogens with two attached hydrogens (primary N) is 1. The summed E-state index contributed by atoms with van der Waals surface area (Å²) in [5.41, 5.74) is -0.588. The molecule has 0 aliphatic heterocycles. The van der Waals surface area contributed by atoms with E-state index in [0.29, 0.717) is 11.6 Å². The molecule has 0 unspecified atom stereocenters. The molecule has 0 aliphatic rings. The molecule has 0 saturated carbocycles. The molecule has 6 nitrogen and oxygen atoms in total. The second kappa shape index (κ2) is 6.21. The van der Waals surface area contributed by atoms with Crippen LogP contribution in [0.4, 0.5) is 19.0 Å². The first-order chi connectivity index (χ1) is 11.0. The van der Waals surface area contributed by atoms with Crippen LogP contribution < -0.4 is 10.5 Å². The maximum absolute atomic E-state index is 12.7. The number of amides is 1. The Kier molecular flexibility index (Phi) is 4.63. The maximum Gasteiger partial charge on any atom is 0.416 e. The van der Waals surface area contributed by atoms with Crippen LogP contribution >= 0.6 is 0 Å². The molecule has 3 N–H and O–H groups in total. The van der Waals surface area contributed by atoms with Gasteiger partial charge in [-0.15, -0.1) is 0 Å². The quantitative estimate of drug-likeness (QED) is 0.878. The smallest absolute Gasteiger partial charge is 0.307 e. The molecular weight excluding hydrogens is 347 g/mol. The maximum atomic E-state index is 12.7. The fourth-order valence-corrected chi connectivity index (χ4v) is 2.42. The molecule has 0 saturated heterocycles. The van der Waals surface area contributed by atoms with E-state index in [2.05, 4.69) is 10.3 Å². The first-order valence-corrected chi connectivity index (χ1v) is 8.01. The Morgan fingerprint density at radius 2 is 1.88 bits per heavy atom. The number of anilines is 1. The van der Waals surface area contributed by atoms with Gasteiger partial charge < -0.3 is 5.32 Å². The van der Waals surface area contributed by atoms with E-state index in [0.717, 1.165) is 18.3 Å². The predicted octanol–water partition coefficient (Wildman–Crippen LogP) is 2.31. The molecule has 1 amide bonds. The van der Waals surface area contributed by atoms with E-state index in [9.17, 15) is 26.4 Å². The van der Waals surface area contributed by atoms with Crippen LogP contribution in [-0.2, 0) is 16.2 Å². The summed E-state index contributed by atoms with van der Waals surface area (Å²) in [6.07, 6.45) is -3.67. The van der Waals surface area contributed by atoms with Crippen molar-refractivity contribution in [2.75, 3.05) is 5.32 Å². The van der Waals surface area contributed by atoms with Crippen LogP contribution in [0, 0.1) is 6.92 Å². The Bertz CT molecular complexity index is 896. The van der Waals surface area contributed by atoms with Crippen molar-refractivity contribution < 1.29 is 26.4 Å². The van der Waals surface area contributed by atoms with Gasteiger partial charge in [-0.2, -0.15) is 13.2 Å². The third-order valence-electron chi connectivity index (χ3n) is 3.11. The zero-order valence-electron chi connectivity index (χ0n) is 12.3. The van der Waals surface area contributed by atoms with Crippen molar-refractivity contribution in [2.24, 2.45) is 5.14 Å². The number of nitrogens with one attached hydrogen (secondary N) is 1. The van der Waals surface area contributed by atoms with Crippen LogP contribution in [0.1, 0.15) is 21.5 Å². The number of halogens is 3. The van der Waals surface area contributed by atoms with Crippen molar-refractivity contribution in [3.63, 3.8) is 0 Å². The highest BCUT2D eigenvalue weighted by molar-refractivity contribution is 7.89. The van der Waals surface area contributed by atoms with Gasteiger partial charge in [0.2, 0.25) is 10.0 Å².